The minimum Gasteiger partial charge on any atom is -0.375 e. The van der Waals surface area contributed by atoms with Crippen LogP contribution in [0.4, 0.5) is 0 Å². The van der Waals surface area contributed by atoms with Crippen LogP contribution in [0.3, 0.4) is 0 Å². The normalized spacial score (nSPS) is 50.1. The van der Waals surface area contributed by atoms with E-state index in [0.29, 0.717) is 0 Å². The Morgan fingerprint density at radius 3 is 2.22 bits per heavy atom. The van der Waals surface area contributed by atoms with Gasteiger partial charge in [0.1, 0.15) is 5.78 Å². The fraction of sp³-hybridized carbons (Fsp3) is 0.692. The van der Waals surface area contributed by atoms with Crippen LogP contribution < -0.4 is 0 Å². The van der Waals surface area contributed by atoms with Crippen molar-refractivity contribution in [3.8, 4) is 18.2 Å². The molecular formula is C13H13N3O2. The van der Waals surface area contributed by atoms with Crippen LogP contribution in [0.2, 0.25) is 0 Å². The van der Waals surface area contributed by atoms with Gasteiger partial charge in [0.2, 0.25) is 0 Å². The number of carbonyl (C=O) groups is 1. The zero-order valence-corrected chi connectivity index (χ0v) is 10.3. The minimum absolute atomic E-state index is 0.00562. The van der Waals surface area contributed by atoms with Gasteiger partial charge >= 0.3 is 0 Å². The second-order valence-corrected chi connectivity index (χ2v) is 5.57. The Balaban J connectivity index is 2.74. The first-order chi connectivity index (χ1) is 8.31. The van der Waals surface area contributed by atoms with Crippen LogP contribution in [-0.2, 0) is 4.79 Å². The van der Waals surface area contributed by atoms with E-state index in [1.807, 2.05) is 18.2 Å². The van der Waals surface area contributed by atoms with E-state index in [-0.39, 0.29) is 18.6 Å². The summed E-state index contributed by atoms with van der Waals surface area (Å²) in [6.07, 6.45) is -0.0669. The Hall–Kier alpha value is -1.90. The predicted octanol–water partition coefficient (Wildman–Crippen LogP) is 0.910. The van der Waals surface area contributed by atoms with E-state index in [9.17, 15) is 25.7 Å². The molecule has 5 heteroatoms. The summed E-state index contributed by atoms with van der Waals surface area (Å²) in [5.74, 6) is -1.65. The molecule has 0 aromatic rings. The lowest BCUT2D eigenvalue weighted by Crippen LogP contribution is -2.50. The van der Waals surface area contributed by atoms with Crippen molar-refractivity contribution in [2.24, 2.45) is 22.7 Å². The van der Waals surface area contributed by atoms with Crippen molar-refractivity contribution in [1.29, 1.82) is 15.8 Å². The highest BCUT2D eigenvalue weighted by Crippen LogP contribution is 2.69. The largest absolute Gasteiger partial charge is 0.375 e. The summed E-state index contributed by atoms with van der Waals surface area (Å²) in [6.45, 7) is 3.20. The molecule has 2 fully saturated rings. The van der Waals surface area contributed by atoms with Gasteiger partial charge in [-0.25, -0.2) is 0 Å². The Morgan fingerprint density at radius 1 is 1.22 bits per heavy atom. The molecule has 0 heterocycles. The Kier molecular flexibility index (Phi) is 2.31. The van der Waals surface area contributed by atoms with Gasteiger partial charge in [-0.1, -0.05) is 13.8 Å². The van der Waals surface area contributed by atoms with Gasteiger partial charge in [-0.2, -0.15) is 15.8 Å². The zero-order valence-electron chi connectivity index (χ0n) is 10.3. The predicted molar refractivity (Wildman–Crippen MR) is 59.2 cm³/mol. The number of aliphatic hydroxyl groups is 1. The van der Waals surface area contributed by atoms with Crippen LogP contribution >= 0.6 is 0 Å². The highest BCUT2D eigenvalue weighted by Gasteiger charge is 2.76. The lowest BCUT2D eigenvalue weighted by atomic mass is 9.60. The quantitative estimate of drug-likeness (QED) is 0.636. The first-order valence-corrected chi connectivity index (χ1v) is 5.78. The van der Waals surface area contributed by atoms with E-state index >= 15 is 0 Å². The van der Waals surface area contributed by atoms with Crippen molar-refractivity contribution in [2.45, 2.75) is 32.3 Å². The lowest BCUT2D eigenvalue weighted by Gasteiger charge is -2.41. The number of Topliss-reactive ketones (excluding diaryl/α,β-unsaturated/α-hetero) is 1. The van der Waals surface area contributed by atoms with E-state index in [2.05, 4.69) is 0 Å². The first-order valence-electron chi connectivity index (χ1n) is 5.78. The van der Waals surface area contributed by atoms with Gasteiger partial charge in [0.15, 0.2) is 5.60 Å². The average molecular weight is 243 g/mol. The van der Waals surface area contributed by atoms with Crippen molar-refractivity contribution in [1.82, 2.24) is 0 Å². The minimum atomic E-state index is -1.80. The highest BCUT2D eigenvalue weighted by molar-refractivity contribution is 5.90. The second-order valence-electron chi connectivity index (χ2n) is 5.57. The van der Waals surface area contributed by atoms with Crippen LogP contribution in [0.5, 0.6) is 0 Å². The molecule has 2 aliphatic carbocycles. The topological polar surface area (TPSA) is 109 Å². The second kappa shape index (κ2) is 3.31. The number of rotatable bonds is 0. The van der Waals surface area contributed by atoms with E-state index in [4.69, 9.17) is 0 Å². The molecule has 0 aromatic carbocycles. The monoisotopic (exact) mass is 243 g/mol. The van der Waals surface area contributed by atoms with E-state index in [1.54, 1.807) is 13.8 Å². The summed E-state index contributed by atoms with van der Waals surface area (Å²) in [4.78, 5) is 12.2. The molecule has 0 amide bonds. The van der Waals surface area contributed by atoms with E-state index < -0.39 is 28.3 Å². The molecule has 2 rings (SSSR count). The fourth-order valence-corrected chi connectivity index (χ4v) is 3.75. The highest BCUT2D eigenvalue weighted by atomic mass is 16.3. The molecule has 0 bridgehead atoms. The Labute approximate surface area is 105 Å². The zero-order chi connectivity index (χ0) is 13.8. The van der Waals surface area contributed by atoms with Crippen LogP contribution in [-0.4, -0.2) is 16.5 Å². The molecule has 0 aromatic heterocycles. The molecule has 5 nitrogen and oxygen atoms in total. The van der Waals surface area contributed by atoms with Crippen molar-refractivity contribution in [2.75, 3.05) is 0 Å². The van der Waals surface area contributed by atoms with Gasteiger partial charge in [0, 0.05) is 18.3 Å². The molecule has 0 saturated heterocycles. The van der Waals surface area contributed by atoms with Crippen molar-refractivity contribution < 1.29 is 9.90 Å². The maximum Gasteiger partial charge on any atom is 0.159 e. The van der Waals surface area contributed by atoms with Gasteiger partial charge < -0.3 is 5.11 Å². The fourth-order valence-electron chi connectivity index (χ4n) is 3.75. The van der Waals surface area contributed by atoms with Crippen molar-refractivity contribution in [3.63, 3.8) is 0 Å². The van der Waals surface area contributed by atoms with Gasteiger partial charge in [0.05, 0.1) is 35.5 Å². The first kappa shape index (κ1) is 12.6. The maximum absolute atomic E-state index is 12.2. The average Bonchev–Trinajstić information content (AvgIpc) is 2.68. The number of carbonyl (C=O) groups excluding carboxylic acids is 1. The summed E-state index contributed by atoms with van der Waals surface area (Å²) in [6, 6.07) is 5.88. The molecule has 1 N–H and O–H groups in total. The van der Waals surface area contributed by atoms with Crippen LogP contribution in [0.15, 0.2) is 0 Å². The smallest absolute Gasteiger partial charge is 0.159 e. The molecule has 1 unspecified atom stereocenters. The van der Waals surface area contributed by atoms with Crippen LogP contribution in [0, 0.1) is 56.7 Å². The molecule has 18 heavy (non-hydrogen) atoms. The lowest BCUT2D eigenvalue weighted by molar-refractivity contribution is -0.131. The summed E-state index contributed by atoms with van der Waals surface area (Å²) in [5, 5.41) is 38.1. The molecule has 92 valence electrons. The number of ketones is 1. The molecular weight excluding hydrogens is 230 g/mol. The van der Waals surface area contributed by atoms with Gasteiger partial charge in [-0.3, -0.25) is 4.79 Å². The Morgan fingerprint density at radius 2 is 1.78 bits per heavy atom. The molecule has 2 aliphatic rings. The van der Waals surface area contributed by atoms with E-state index in [1.165, 1.54) is 0 Å². The molecule has 0 spiro atoms. The summed E-state index contributed by atoms with van der Waals surface area (Å²) >= 11 is 0. The summed E-state index contributed by atoms with van der Waals surface area (Å²) in [7, 11) is 0. The van der Waals surface area contributed by atoms with E-state index in [0.717, 1.165) is 0 Å². The third-order valence-corrected chi connectivity index (χ3v) is 5.30. The number of nitrogens with zero attached hydrogens (tertiary/aromatic N) is 3. The third-order valence-electron chi connectivity index (χ3n) is 5.30. The number of hydrogen-bond donors (Lipinski definition) is 1. The number of hydrogen-bond acceptors (Lipinski definition) is 5. The number of nitriles is 3. The molecule has 2 saturated carbocycles. The SMILES string of the molecule is C[C@@]12C(=O)C[C@@H](C#N)[C@]1(C)C(O)(C#N)C[C@H]2C#N. The standard InChI is InChI=1S/C13H13N3O2/c1-11-9(6-15)4-13(18,7-16)12(11,2)8(5-14)3-10(11)17/h8-9,18H,3-4H2,1-2H3/t8-,9-,11+,12-,13?/m0/s1. The van der Waals surface area contributed by atoms with Crippen molar-refractivity contribution in [3.05, 3.63) is 0 Å². The Bertz CT molecular complexity index is 540. The van der Waals surface area contributed by atoms with Crippen molar-refractivity contribution >= 4 is 5.78 Å². The molecule has 0 aliphatic heterocycles. The third kappa shape index (κ3) is 0.964. The van der Waals surface area contributed by atoms with Crippen LogP contribution in [0.25, 0.3) is 0 Å². The van der Waals surface area contributed by atoms with Crippen LogP contribution in [0.1, 0.15) is 26.7 Å². The molecule has 5 atom stereocenters. The summed E-state index contributed by atoms with van der Waals surface area (Å²) < 4.78 is 0. The maximum atomic E-state index is 12.2. The summed E-state index contributed by atoms with van der Waals surface area (Å²) in [5.41, 5.74) is -4.09. The molecule has 0 radical (unpaired) electrons. The number of fused-ring (bicyclic) bond motifs is 1. The van der Waals surface area contributed by atoms with Gasteiger partial charge in [0.25, 0.3) is 0 Å². The van der Waals surface area contributed by atoms with Gasteiger partial charge in [-0.05, 0) is 0 Å². The van der Waals surface area contributed by atoms with Gasteiger partial charge in [-0.15, -0.1) is 0 Å².